The van der Waals surface area contributed by atoms with Crippen LogP contribution in [0.25, 0.3) is 0 Å². The number of hydrogen-bond acceptors (Lipinski definition) is 4. The fourth-order valence-corrected chi connectivity index (χ4v) is 2.26. The van der Waals surface area contributed by atoms with Gasteiger partial charge in [0.05, 0.1) is 12.7 Å². The summed E-state index contributed by atoms with van der Waals surface area (Å²) in [6, 6.07) is 7.55. The molecule has 1 aromatic carbocycles. The molecule has 3 N–H and O–H groups in total. The number of hydrogen-bond donors (Lipinski definition) is 2. The quantitative estimate of drug-likeness (QED) is 0.763. The highest BCUT2D eigenvalue weighted by atomic mass is 35.5. The number of methoxy groups -OCH3 is 1. The summed E-state index contributed by atoms with van der Waals surface area (Å²) in [6.45, 7) is 1.72. The minimum absolute atomic E-state index is 0.0873. The molecule has 0 saturated carbocycles. The Hall–Kier alpha value is -0.650. The van der Waals surface area contributed by atoms with Gasteiger partial charge in [0.25, 0.3) is 0 Å². The van der Waals surface area contributed by atoms with Crippen molar-refractivity contribution in [1.29, 1.82) is 0 Å². The highest BCUT2D eigenvalue weighted by Gasteiger charge is 2.12. The van der Waals surface area contributed by atoms with E-state index < -0.39 is 6.10 Å². The summed E-state index contributed by atoms with van der Waals surface area (Å²) < 4.78 is 4.90. The maximum Gasteiger partial charge on any atom is 0.0899 e. The van der Waals surface area contributed by atoms with Gasteiger partial charge in [0.15, 0.2) is 0 Å². The van der Waals surface area contributed by atoms with Crippen LogP contribution >= 0.6 is 11.6 Å². The van der Waals surface area contributed by atoms with E-state index >= 15 is 0 Å². The number of benzene rings is 1. The van der Waals surface area contributed by atoms with Crippen molar-refractivity contribution in [1.82, 2.24) is 4.90 Å². The molecule has 0 aliphatic rings. The minimum Gasteiger partial charge on any atom is -0.389 e. The lowest BCUT2D eigenvalue weighted by molar-refractivity contribution is 0.0428. The van der Waals surface area contributed by atoms with Crippen molar-refractivity contribution in [2.75, 3.05) is 33.9 Å². The number of rotatable bonds is 8. The molecule has 0 aliphatic heterocycles. The third-order valence-corrected chi connectivity index (χ3v) is 3.35. The molecule has 0 aliphatic carbocycles. The van der Waals surface area contributed by atoms with E-state index in [9.17, 15) is 5.11 Å². The number of nitrogens with zero attached hydrogens (tertiary/aromatic N) is 1. The molecular weight excluding hydrogens is 264 g/mol. The smallest absolute Gasteiger partial charge is 0.0899 e. The topological polar surface area (TPSA) is 58.7 Å². The van der Waals surface area contributed by atoms with Gasteiger partial charge in [-0.15, -0.1) is 0 Å². The third-order valence-electron chi connectivity index (χ3n) is 3.01. The van der Waals surface area contributed by atoms with Crippen LogP contribution in [0.2, 0.25) is 5.02 Å². The number of aliphatic hydroxyl groups excluding tert-OH is 1. The predicted molar refractivity (Wildman–Crippen MR) is 78.4 cm³/mol. The van der Waals surface area contributed by atoms with Crippen molar-refractivity contribution in [3.63, 3.8) is 0 Å². The van der Waals surface area contributed by atoms with Gasteiger partial charge in [-0.2, -0.15) is 0 Å². The zero-order valence-electron chi connectivity index (χ0n) is 11.6. The lowest BCUT2D eigenvalue weighted by Gasteiger charge is -2.22. The van der Waals surface area contributed by atoms with Crippen molar-refractivity contribution in [3.05, 3.63) is 34.9 Å². The summed E-state index contributed by atoms with van der Waals surface area (Å²) in [7, 11) is 3.54. The van der Waals surface area contributed by atoms with Crippen LogP contribution in [0.4, 0.5) is 0 Å². The van der Waals surface area contributed by atoms with Gasteiger partial charge in [-0.25, -0.2) is 0 Å². The minimum atomic E-state index is -0.466. The zero-order valence-corrected chi connectivity index (χ0v) is 12.3. The Morgan fingerprint density at radius 2 is 2.11 bits per heavy atom. The van der Waals surface area contributed by atoms with Gasteiger partial charge in [-0.1, -0.05) is 29.8 Å². The first-order valence-electron chi connectivity index (χ1n) is 6.40. The van der Waals surface area contributed by atoms with Crippen molar-refractivity contribution >= 4 is 11.6 Å². The van der Waals surface area contributed by atoms with E-state index in [1.807, 2.05) is 36.2 Å². The van der Waals surface area contributed by atoms with Crippen molar-refractivity contribution in [3.8, 4) is 0 Å². The molecule has 0 saturated heterocycles. The van der Waals surface area contributed by atoms with E-state index in [1.165, 1.54) is 0 Å². The van der Waals surface area contributed by atoms with Crippen molar-refractivity contribution in [2.24, 2.45) is 5.73 Å². The molecule has 0 spiro atoms. The molecule has 0 heterocycles. The summed E-state index contributed by atoms with van der Waals surface area (Å²) in [6.07, 6.45) is 0.325. The third kappa shape index (κ3) is 5.89. The van der Waals surface area contributed by atoms with E-state index in [0.717, 1.165) is 18.5 Å². The van der Waals surface area contributed by atoms with Crippen LogP contribution in [0.5, 0.6) is 0 Å². The molecule has 0 aromatic heterocycles. The molecule has 0 bridgehead atoms. The molecule has 1 aromatic rings. The standard InChI is InChI=1S/C14H23ClN2O2/c1-17(9-11(18)10-19-2)8-7-14(16)12-5-3-4-6-13(12)15/h3-6,11,14,18H,7-10,16H2,1-2H3. The molecule has 19 heavy (non-hydrogen) atoms. The average molecular weight is 287 g/mol. The van der Waals surface area contributed by atoms with Crippen LogP contribution in [0.3, 0.4) is 0 Å². The average Bonchev–Trinajstić information content (AvgIpc) is 2.36. The molecular formula is C14H23ClN2O2. The van der Waals surface area contributed by atoms with E-state index in [2.05, 4.69) is 0 Å². The van der Waals surface area contributed by atoms with Gasteiger partial charge in [-0.05, 0) is 31.6 Å². The van der Waals surface area contributed by atoms with Crippen LogP contribution in [0.1, 0.15) is 18.0 Å². The maximum absolute atomic E-state index is 9.63. The molecule has 108 valence electrons. The molecule has 2 unspecified atom stereocenters. The van der Waals surface area contributed by atoms with Gasteiger partial charge in [-0.3, -0.25) is 0 Å². The monoisotopic (exact) mass is 286 g/mol. The van der Waals surface area contributed by atoms with Crippen LogP contribution in [0, 0.1) is 0 Å². The summed E-state index contributed by atoms with van der Waals surface area (Å²) in [5.41, 5.74) is 7.10. The van der Waals surface area contributed by atoms with Crippen LogP contribution in [0.15, 0.2) is 24.3 Å². The largest absolute Gasteiger partial charge is 0.389 e. The van der Waals surface area contributed by atoms with Gasteiger partial charge >= 0.3 is 0 Å². The molecule has 4 nitrogen and oxygen atoms in total. The fourth-order valence-electron chi connectivity index (χ4n) is 1.99. The predicted octanol–water partition coefficient (Wildman–Crippen LogP) is 1.67. The number of aliphatic hydroxyl groups is 1. The Balaban J connectivity index is 2.38. The Kier molecular flexibility index (Phi) is 7.34. The second-order valence-electron chi connectivity index (χ2n) is 4.79. The highest BCUT2D eigenvalue weighted by Crippen LogP contribution is 2.23. The Bertz CT molecular complexity index is 376. The van der Waals surface area contributed by atoms with Gasteiger partial charge in [0, 0.05) is 24.7 Å². The van der Waals surface area contributed by atoms with E-state index in [-0.39, 0.29) is 6.04 Å². The summed E-state index contributed by atoms with van der Waals surface area (Å²) >= 11 is 6.11. The Labute approximate surface area is 120 Å². The first-order chi connectivity index (χ1) is 9.04. The van der Waals surface area contributed by atoms with E-state index in [0.29, 0.717) is 18.2 Å². The van der Waals surface area contributed by atoms with Crippen LogP contribution in [-0.4, -0.2) is 50.0 Å². The summed E-state index contributed by atoms with van der Waals surface area (Å²) in [4.78, 5) is 2.04. The van der Waals surface area contributed by atoms with Gasteiger partial charge in [0.1, 0.15) is 0 Å². The van der Waals surface area contributed by atoms with E-state index in [1.54, 1.807) is 7.11 Å². The first kappa shape index (κ1) is 16.4. The normalized spacial score (nSPS) is 14.6. The number of likely N-dealkylation sites (N-methyl/N-ethyl adjacent to an activating group) is 1. The zero-order chi connectivity index (χ0) is 14.3. The molecule has 5 heteroatoms. The second-order valence-corrected chi connectivity index (χ2v) is 5.20. The second kappa shape index (κ2) is 8.51. The molecule has 0 fully saturated rings. The summed E-state index contributed by atoms with van der Waals surface area (Å²) in [5.74, 6) is 0. The van der Waals surface area contributed by atoms with Crippen LogP contribution < -0.4 is 5.73 Å². The Morgan fingerprint density at radius 3 is 2.74 bits per heavy atom. The van der Waals surface area contributed by atoms with Crippen LogP contribution in [-0.2, 0) is 4.74 Å². The molecule has 0 radical (unpaired) electrons. The molecule has 0 amide bonds. The summed E-state index contributed by atoms with van der Waals surface area (Å²) in [5, 5.41) is 10.3. The molecule has 2 atom stereocenters. The van der Waals surface area contributed by atoms with E-state index in [4.69, 9.17) is 22.1 Å². The van der Waals surface area contributed by atoms with Gasteiger partial charge in [0.2, 0.25) is 0 Å². The fraction of sp³-hybridized carbons (Fsp3) is 0.571. The lowest BCUT2D eigenvalue weighted by atomic mass is 10.0. The number of nitrogens with two attached hydrogens (primary N) is 1. The molecule has 1 rings (SSSR count). The SMILES string of the molecule is COCC(O)CN(C)CCC(N)c1ccccc1Cl. The van der Waals surface area contributed by atoms with Gasteiger partial charge < -0.3 is 20.5 Å². The highest BCUT2D eigenvalue weighted by molar-refractivity contribution is 6.31. The number of halogens is 1. The van der Waals surface area contributed by atoms with Crippen molar-refractivity contribution < 1.29 is 9.84 Å². The number of ether oxygens (including phenoxy) is 1. The Morgan fingerprint density at radius 1 is 1.42 bits per heavy atom. The first-order valence-corrected chi connectivity index (χ1v) is 6.78. The maximum atomic E-state index is 9.63. The van der Waals surface area contributed by atoms with Crippen molar-refractivity contribution in [2.45, 2.75) is 18.6 Å². The lowest BCUT2D eigenvalue weighted by Crippen LogP contribution is -2.33.